The number of rotatable bonds is 2. The minimum atomic E-state index is -1.04. The smallest absolute Gasteiger partial charge is 0.255 e. The van der Waals surface area contributed by atoms with Gasteiger partial charge in [-0.2, -0.15) is 0 Å². The number of carbonyl (C=O) groups is 1. The van der Waals surface area contributed by atoms with Gasteiger partial charge in [0.2, 0.25) is 0 Å². The second-order valence-corrected chi connectivity index (χ2v) is 5.29. The van der Waals surface area contributed by atoms with E-state index in [2.05, 4.69) is 27.9 Å². The summed E-state index contributed by atoms with van der Waals surface area (Å²) in [5.41, 5.74) is 1.63. The molecule has 0 heterocycles. The molecule has 2 aromatic rings. The van der Waals surface area contributed by atoms with Crippen molar-refractivity contribution in [3.8, 4) is 0 Å². The third-order valence-corrected chi connectivity index (χ3v) is 3.29. The van der Waals surface area contributed by atoms with Crippen LogP contribution in [0.2, 0.25) is 0 Å². The van der Waals surface area contributed by atoms with E-state index in [1.165, 1.54) is 6.07 Å². The van der Waals surface area contributed by atoms with E-state index in [-0.39, 0.29) is 5.56 Å². The van der Waals surface area contributed by atoms with Crippen LogP contribution in [0.15, 0.2) is 36.4 Å². The SMILES string of the molecule is Cc1cc(I)ccc1NC(=O)c1ccc(F)c(F)c1. The van der Waals surface area contributed by atoms with E-state index in [9.17, 15) is 13.6 Å². The summed E-state index contributed by atoms with van der Waals surface area (Å²) in [6, 6.07) is 8.61. The largest absolute Gasteiger partial charge is 0.322 e. The number of carbonyl (C=O) groups excluding carboxylic acids is 1. The zero-order valence-electron chi connectivity index (χ0n) is 10.0. The number of nitrogens with one attached hydrogen (secondary N) is 1. The second-order valence-electron chi connectivity index (χ2n) is 4.04. The summed E-state index contributed by atoms with van der Waals surface area (Å²) in [4.78, 5) is 11.9. The summed E-state index contributed by atoms with van der Waals surface area (Å²) < 4.78 is 26.9. The van der Waals surface area contributed by atoms with E-state index in [0.717, 1.165) is 21.3 Å². The van der Waals surface area contributed by atoms with Gasteiger partial charge >= 0.3 is 0 Å². The van der Waals surface area contributed by atoms with Crippen molar-refractivity contribution in [1.29, 1.82) is 0 Å². The van der Waals surface area contributed by atoms with E-state index in [1.54, 1.807) is 6.07 Å². The molecule has 0 saturated carbocycles. The lowest BCUT2D eigenvalue weighted by Gasteiger charge is -2.09. The molecule has 0 saturated heterocycles. The minimum Gasteiger partial charge on any atom is -0.322 e. The van der Waals surface area contributed by atoms with Gasteiger partial charge in [0.15, 0.2) is 11.6 Å². The fraction of sp³-hybridized carbons (Fsp3) is 0.0714. The van der Waals surface area contributed by atoms with Gasteiger partial charge in [0.25, 0.3) is 5.91 Å². The molecule has 0 aliphatic heterocycles. The number of anilines is 1. The van der Waals surface area contributed by atoms with Crippen molar-refractivity contribution in [2.24, 2.45) is 0 Å². The van der Waals surface area contributed by atoms with Crippen LogP contribution >= 0.6 is 22.6 Å². The van der Waals surface area contributed by atoms with Gasteiger partial charge < -0.3 is 5.32 Å². The van der Waals surface area contributed by atoms with Gasteiger partial charge in [-0.1, -0.05) is 0 Å². The summed E-state index contributed by atoms with van der Waals surface area (Å²) in [6.07, 6.45) is 0. The molecule has 0 spiro atoms. The zero-order valence-corrected chi connectivity index (χ0v) is 12.2. The maximum absolute atomic E-state index is 13.1. The first-order valence-electron chi connectivity index (χ1n) is 5.50. The molecular formula is C14H10F2INO. The topological polar surface area (TPSA) is 29.1 Å². The van der Waals surface area contributed by atoms with E-state index in [4.69, 9.17) is 0 Å². The van der Waals surface area contributed by atoms with E-state index >= 15 is 0 Å². The van der Waals surface area contributed by atoms with Crippen LogP contribution < -0.4 is 5.32 Å². The van der Waals surface area contributed by atoms with E-state index < -0.39 is 17.5 Å². The number of hydrogen-bond donors (Lipinski definition) is 1. The summed E-state index contributed by atoms with van der Waals surface area (Å²) in [5, 5.41) is 2.67. The number of halogens is 3. The Morgan fingerprint density at radius 1 is 1.11 bits per heavy atom. The first kappa shape index (κ1) is 13.9. The summed E-state index contributed by atoms with van der Waals surface area (Å²) in [7, 11) is 0. The van der Waals surface area contributed by atoms with Gasteiger partial charge in [-0.3, -0.25) is 4.79 Å². The molecule has 1 N–H and O–H groups in total. The second kappa shape index (κ2) is 5.64. The van der Waals surface area contributed by atoms with Crippen LogP contribution in [0.4, 0.5) is 14.5 Å². The van der Waals surface area contributed by atoms with Crippen LogP contribution in [-0.2, 0) is 0 Å². The molecule has 0 aliphatic carbocycles. The van der Waals surface area contributed by atoms with Crippen molar-refractivity contribution >= 4 is 34.2 Å². The summed E-state index contributed by atoms with van der Waals surface area (Å²) in [6.45, 7) is 1.86. The first-order chi connectivity index (χ1) is 8.97. The van der Waals surface area contributed by atoms with Crippen molar-refractivity contribution in [3.63, 3.8) is 0 Å². The van der Waals surface area contributed by atoms with Crippen molar-refractivity contribution in [3.05, 3.63) is 62.7 Å². The molecule has 19 heavy (non-hydrogen) atoms. The predicted molar refractivity (Wildman–Crippen MR) is 78.2 cm³/mol. The summed E-state index contributed by atoms with van der Waals surface area (Å²) in [5.74, 6) is -2.47. The quantitative estimate of drug-likeness (QED) is 0.789. The van der Waals surface area contributed by atoms with Crippen LogP contribution in [0, 0.1) is 22.1 Å². The number of benzene rings is 2. The number of aryl methyl sites for hydroxylation is 1. The Morgan fingerprint density at radius 3 is 2.47 bits per heavy atom. The highest BCUT2D eigenvalue weighted by atomic mass is 127. The van der Waals surface area contributed by atoms with E-state index in [0.29, 0.717) is 5.69 Å². The Kier molecular flexibility index (Phi) is 4.14. The van der Waals surface area contributed by atoms with Gasteiger partial charge in [-0.05, 0) is 71.5 Å². The maximum atomic E-state index is 13.1. The van der Waals surface area contributed by atoms with Gasteiger partial charge in [0.1, 0.15) is 0 Å². The number of hydrogen-bond acceptors (Lipinski definition) is 1. The van der Waals surface area contributed by atoms with Gasteiger partial charge in [0, 0.05) is 14.8 Å². The molecule has 98 valence electrons. The van der Waals surface area contributed by atoms with Crippen LogP contribution in [0.3, 0.4) is 0 Å². The molecule has 2 rings (SSSR count). The third-order valence-electron chi connectivity index (χ3n) is 2.62. The molecule has 0 atom stereocenters. The summed E-state index contributed by atoms with van der Waals surface area (Å²) >= 11 is 2.17. The lowest BCUT2D eigenvalue weighted by atomic mass is 10.1. The first-order valence-corrected chi connectivity index (χ1v) is 6.58. The molecule has 2 aromatic carbocycles. The van der Waals surface area contributed by atoms with Crippen molar-refractivity contribution in [2.45, 2.75) is 6.92 Å². The Bertz CT molecular complexity index is 643. The lowest BCUT2D eigenvalue weighted by Crippen LogP contribution is -2.13. The van der Waals surface area contributed by atoms with Crippen LogP contribution in [0.1, 0.15) is 15.9 Å². The fourth-order valence-electron chi connectivity index (χ4n) is 1.60. The van der Waals surface area contributed by atoms with Crippen molar-refractivity contribution < 1.29 is 13.6 Å². The molecule has 0 aliphatic rings. The predicted octanol–water partition coefficient (Wildman–Crippen LogP) is 4.13. The van der Waals surface area contributed by atoms with E-state index in [1.807, 2.05) is 19.1 Å². The molecule has 0 fully saturated rings. The molecule has 0 bridgehead atoms. The highest BCUT2D eigenvalue weighted by Crippen LogP contribution is 2.19. The Morgan fingerprint density at radius 2 is 1.84 bits per heavy atom. The average molecular weight is 373 g/mol. The van der Waals surface area contributed by atoms with Gasteiger partial charge in [-0.25, -0.2) is 8.78 Å². The maximum Gasteiger partial charge on any atom is 0.255 e. The highest BCUT2D eigenvalue weighted by Gasteiger charge is 2.11. The van der Waals surface area contributed by atoms with Crippen LogP contribution in [0.25, 0.3) is 0 Å². The van der Waals surface area contributed by atoms with Crippen LogP contribution in [0.5, 0.6) is 0 Å². The molecule has 2 nitrogen and oxygen atoms in total. The molecule has 0 aromatic heterocycles. The molecule has 1 amide bonds. The normalized spacial score (nSPS) is 10.3. The Hall–Kier alpha value is -1.50. The van der Waals surface area contributed by atoms with Crippen molar-refractivity contribution in [1.82, 2.24) is 0 Å². The average Bonchev–Trinajstić information content (AvgIpc) is 2.36. The Labute approximate surface area is 123 Å². The minimum absolute atomic E-state index is 0.0804. The molecule has 0 unspecified atom stereocenters. The van der Waals surface area contributed by atoms with Crippen LogP contribution in [-0.4, -0.2) is 5.91 Å². The number of amides is 1. The van der Waals surface area contributed by atoms with Gasteiger partial charge in [-0.15, -0.1) is 0 Å². The molecular weight excluding hydrogens is 363 g/mol. The molecule has 0 radical (unpaired) electrons. The molecule has 5 heteroatoms. The Balaban J connectivity index is 2.23. The standard InChI is InChI=1S/C14H10F2INO/c1-8-6-10(17)3-5-13(8)18-14(19)9-2-4-11(15)12(16)7-9/h2-7H,1H3,(H,18,19). The van der Waals surface area contributed by atoms with Gasteiger partial charge in [0.05, 0.1) is 0 Å². The third kappa shape index (κ3) is 3.28. The fourth-order valence-corrected chi connectivity index (χ4v) is 2.25. The zero-order chi connectivity index (χ0) is 14.0. The monoisotopic (exact) mass is 373 g/mol. The lowest BCUT2D eigenvalue weighted by molar-refractivity contribution is 0.102. The highest BCUT2D eigenvalue weighted by molar-refractivity contribution is 14.1. The van der Waals surface area contributed by atoms with Crippen molar-refractivity contribution in [2.75, 3.05) is 5.32 Å².